The molecule has 2 aromatic rings. The van der Waals surface area contributed by atoms with Gasteiger partial charge >= 0.3 is 0 Å². The molecule has 3 atom stereocenters. The summed E-state index contributed by atoms with van der Waals surface area (Å²) in [5, 5.41) is 13.2. The predicted molar refractivity (Wildman–Crippen MR) is 127 cm³/mol. The predicted octanol–water partition coefficient (Wildman–Crippen LogP) is 2.77. The number of pyridine rings is 1. The number of amides is 2. The van der Waals surface area contributed by atoms with Crippen molar-refractivity contribution in [2.24, 2.45) is 0 Å². The Hall–Kier alpha value is -3.31. The number of benzene rings is 1. The number of aromatic nitrogens is 1. The number of carbonyl (C=O) groups excluding carboxylic acids is 2. The zero-order valence-corrected chi connectivity index (χ0v) is 21.1. The molecule has 3 aliphatic heterocycles. The van der Waals surface area contributed by atoms with E-state index in [0.29, 0.717) is 18.4 Å². The zero-order chi connectivity index (χ0) is 26.9. The van der Waals surface area contributed by atoms with E-state index in [0.717, 1.165) is 12.1 Å². The molecule has 2 amide bonds. The van der Waals surface area contributed by atoms with Gasteiger partial charge in [0.05, 0.1) is 12.6 Å². The Morgan fingerprint density at radius 3 is 2.54 bits per heavy atom. The molecule has 2 fully saturated rings. The highest BCUT2D eigenvalue weighted by molar-refractivity contribution is 5.99. The van der Waals surface area contributed by atoms with E-state index in [-0.39, 0.29) is 30.5 Å². The van der Waals surface area contributed by atoms with E-state index in [1.54, 1.807) is 18.7 Å². The minimum absolute atomic E-state index is 0.174. The maximum absolute atomic E-state index is 14.3. The van der Waals surface area contributed by atoms with E-state index < -0.39 is 64.2 Å². The summed E-state index contributed by atoms with van der Waals surface area (Å²) in [5.41, 5.74) is -2.58. The molecule has 1 spiro atoms. The van der Waals surface area contributed by atoms with E-state index in [1.165, 1.54) is 17.7 Å². The topological polar surface area (TPSA) is 110 Å². The smallest absolute Gasteiger partial charge is 0.274 e. The average molecular weight is 518 g/mol. The summed E-state index contributed by atoms with van der Waals surface area (Å²) in [5.74, 6) is -4.87. The highest BCUT2D eigenvalue weighted by atomic mass is 19.1. The first kappa shape index (κ1) is 25.3. The van der Waals surface area contributed by atoms with E-state index >= 15 is 0 Å². The Labute approximate surface area is 212 Å². The summed E-state index contributed by atoms with van der Waals surface area (Å²) >= 11 is 0. The van der Waals surface area contributed by atoms with Crippen molar-refractivity contribution in [1.82, 2.24) is 14.8 Å². The molecular formula is C26H29F2N3O6. The fourth-order valence-electron chi connectivity index (χ4n) is 5.60. The third kappa shape index (κ3) is 4.10. The maximum atomic E-state index is 14.3. The van der Waals surface area contributed by atoms with Crippen LogP contribution in [0.1, 0.15) is 71.6 Å². The van der Waals surface area contributed by atoms with Gasteiger partial charge in [0.1, 0.15) is 22.8 Å². The number of aryl methyl sites for hydroxylation is 1. The van der Waals surface area contributed by atoms with Crippen LogP contribution >= 0.6 is 0 Å². The summed E-state index contributed by atoms with van der Waals surface area (Å²) in [6.07, 6.45) is 2.38. The Kier molecular flexibility index (Phi) is 5.91. The summed E-state index contributed by atoms with van der Waals surface area (Å²) < 4.78 is 42.2. The fraction of sp³-hybridized carbons (Fsp3) is 0.500. The third-order valence-electron chi connectivity index (χ3n) is 7.57. The SMILES string of the molecule is Cc1cc(F)c(CNC(=O)c2cn3c(c(O)c2=O)C(=O)N2C[C@@H]3[C@]3(CC[C@@H]2C)COC(C)(C)O3)c(F)c1. The molecule has 3 aliphatic rings. The van der Waals surface area contributed by atoms with Crippen LogP contribution in [-0.2, 0) is 16.0 Å². The number of halogens is 2. The Balaban J connectivity index is 1.56. The minimum Gasteiger partial charge on any atom is -0.503 e. The summed E-state index contributed by atoms with van der Waals surface area (Å²) in [4.78, 5) is 41.0. The molecule has 37 heavy (non-hydrogen) atoms. The number of carbonyl (C=O) groups is 2. The number of fused-ring (bicyclic) bond motifs is 5. The number of ether oxygens (including phenoxy) is 2. The molecule has 2 bridgehead atoms. The van der Waals surface area contributed by atoms with E-state index in [2.05, 4.69) is 5.32 Å². The maximum Gasteiger partial charge on any atom is 0.274 e. The molecule has 1 aromatic heterocycles. The summed E-state index contributed by atoms with van der Waals surface area (Å²) in [6, 6.07) is 1.54. The van der Waals surface area contributed by atoms with E-state index in [9.17, 15) is 28.3 Å². The lowest BCUT2D eigenvalue weighted by Gasteiger charge is -2.42. The first-order valence-corrected chi connectivity index (χ1v) is 12.2. The van der Waals surface area contributed by atoms with Crippen molar-refractivity contribution >= 4 is 11.8 Å². The molecule has 5 rings (SSSR count). The molecule has 0 aliphatic carbocycles. The molecule has 0 unspecified atom stereocenters. The quantitative estimate of drug-likeness (QED) is 0.648. The second-order valence-electron chi connectivity index (χ2n) is 10.6. The lowest BCUT2D eigenvalue weighted by atomic mass is 9.88. The highest BCUT2D eigenvalue weighted by Gasteiger charge is 2.56. The van der Waals surface area contributed by atoms with Crippen molar-refractivity contribution < 1.29 is 33.0 Å². The molecule has 2 N–H and O–H groups in total. The lowest BCUT2D eigenvalue weighted by molar-refractivity contribution is -0.172. The van der Waals surface area contributed by atoms with Gasteiger partial charge in [0, 0.05) is 30.9 Å². The first-order chi connectivity index (χ1) is 17.3. The normalized spacial score (nSPS) is 26.2. The van der Waals surface area contributed by atoms with Crippen LogP contribution in [0.3, 0.4) is 0 Å². The zero-order valence-electron chi connectivity index (χ0n) is 21.1. The molecule has 11 heteroatoms. The van der Waals surface area contributed by atoms with Crippen LogP contribution in [0.15, 0.2) is 23.1 Å². The van der Waals surface area contributed by atoms with Crippen LogP contribution in [0, 0.1) is 18.6 Å². The van der Waals surface area contributed by atoms with Gasteiger partial charge in [-0.1, -0.05) is 0 Å². The van der Waals surface area contributed by atoms with Crippen molar-refractivity contribution in [2.75, 3.05) is 13.2 Å². The Morgan fingerprint density at radius 1 is 1.24 bits per heavy atom. The van der Waals surface area contributed by atoms with E-state index in [4.69, 9.17) is 9.47 Å². The van der Waals surface area contributed by atoms with Crippen molar-refractivity contribution in [3.63, 3.8) is 0 Å². The van der Waals surface area contributed by atoms with Crippen LogP contribution in [-0.4, -0.2) is 57.0 Å². The average Bonchev–Trinajstić information content (AvgIpc) is 3.07. The van der Waals surface area contributed by atoms with Gasteiger partial charge in [-0.3, -0.25) is 14.4 Å². The van der Waals surface area contributed by atoms with Crippen LogP contribution in [0.5, 0.6) is 5.75 Å². The third-order valence-corrected chi connectivity index (χ3v) is 7.57. The second kappa shape index (κ2) is 8.63. The number of nitrogens with zero attached hydrogens (tertiary/aromatic N) is 2. The van der Waals surface area contributed by atoms with Crippen molar-refractivity contribution in [1.29, 1.82) is 0 Å². The summed E-state index contributed by atoms with van der Waals surface area (Å²) in [6.45, 7) is 6.94. The fourth-order valence-corrected chi connectivity index (χ4v) is 5.60. The minimum atomic E-state index is -1.05. The number of nitrogens with one attached hydrogen (secondary N) is 1. The van der Waals surface area contributed by atoms with Gasteiger partial charge in [-0.2, -0.15) is 0 Å². The standard InChI is InChI=1S/C26H29F2N3O6/c1-13-7-17(27)15(18(28)8-13)9-29-23(34)16-10-31-19-11-30(24(35)20(31)22(33)21(16)32)14(2)5-6-26(19)12-36-25(3,4)37-26/h7-8,10,14,19,33H,5-6,9,11-12H2,1-4H3,(H,29,34)/t14-,19+,26-/m0/s1. The molecule has 4 heterocycles. The van der Waals surface area contributed by atoms with Gasteiger partial charge < -0.3 is 29.4 Å². The molecule has 0 saturated carbocycles. The van der Waals surface area contributed by atoms with Gasteiger partial charge in [-0.25, -0.2) is 8.78 Å². The largest absolute Gasteiger partial charge is 0.503 e. The second-order valence-corrected chi connectivity index (χ2v) is 10.6. The molecule has 198 valence electrons. The monoisotopic (exact) mass is 517 g/mol. The molecular weight excluding hydrogens is 488 g/mol. The first-order valence-electron chi connectivity index (χ1n) is 12.2. The van der Waals surface area contributed by atoms with Gasteiger partial charge in [-0.15, -0.1) is 0 Å². The number of hydrogen-bond acceptors (Lipinski definition) is 6. The molecule has 0 radical (unpaired) electrons. The lowest BCUT2D eigenvalue weighted by Crippen LogP contribution is -2.53. The van der Waals surface area contributed by atoms with Crippen LogP contribution in [0.25, 0.3) is 0 Å². The van der Waals surface area contributed by atoms with Gasteiger partial charge in [0.2, 0.25) is 5.43 Å². The van der Waals surface area contributed by atoms with Crippen molar-refractivity contribution in [3.8, 4) is 5.75 Å². The van der Waals surface area contributed by atoms with Crippen molar-refractivity contribution in [3.05, 3.63) is 62.6 Å². The number of hydrogen-bond donors (Lipinski definition) is 2. The summed E-state index contributed by atoms with van der Waals surface area (Å²) in [7, 11) is 0. The van der Waals surface area contributed by atoms with Crippen LogP contribution in [0.4, 0.5) is 8.78 Å². The Morgan fingerprint density at radius 2 is 1.92 bits per heavy atom. The van der Waals surface area contributed by atoms with Gasteiger partial charge in [0.25, 0.3) is 11.8 Å². The highest BCUT2D eigenvalue weighted by Crippen LogP contribution is 2.47. The van der Waals surface area contributed by atoms with Crippen LogP contribution < -0.4 is 10.7 Å². The van der Waals surface area contributed by atoms with Gasteiger partial charge in [-0.05, 0) is 58.2 Å². The Bertz CT molecular complexity index is 1350. The van der Waals surface area contributed by atoms with Crippen LogP contribution in [0.2, 0.25) is 0 Å². The van der Waals surface area contributed by atoms with Gasteiger partial charge in [0.15, 0.2) is 17.2 Å². The molecule has 1 aromatic carbocycles. The van der Waals surface area contributed by atoms with Crippen molar-refractivity contribution in [2.45, 2.75) is 70.6 Å². The molecule has 9 nitrogen and oxygen atoms in total. The molecule has 2 saturated heterocycles. The van der Waals surface area contributed by atoms with E-state index in [1.807, 2.05) is 6.92 Å². The number of aromatic hydroxyl groups is 1. The number of rotatable bonds is 3.